The summed E-state index contributed by atoms with van der Waals surface area (Å²) in [5, 5.41) is 8.60. The third-order valence-corrected chi connectivity index (χ3v) is 3.18. The lowest BCUT2D eigenvalue weighted by atomic mass is 10.3. The number of carbonyl (C=O) groups is 1. The van der Waals surface area contributed by atoms with Crippen LogP contribution in [-0.4, -0.2) is 28.7 Å². The third-order valence-electron chi connectivity index (χ3n) is 2.04. The molecule has 1 aromatic carbocycles. The molecule has 17 heavy (non-hydrogen) atoms. The molecule has 0 aliphatic carbocycles. The van der Waals surface area contributed by atoms with Crippen molar-refractivity contribution >= 4 is 17.7 Å². The molecule has 3 nitrogen and oxygen atoms in total. The van der Waals surface area contributed by atoms with Gasteiger partial charge in [0, 0.05) is 11.0 Å². The first-order chi connectivity index (χ1) is 8.09. The highest BCUT2D eigenvalue weighted by Gasteiger charge is 2.08. The van der Waals surface area contributed by atoms with Crippen molar-refractivity contribution in [1.82, 2.24) is 0 Å². The zero-order valence-corrected chi connectivity index (χ0v) is 10.4. The number of aliphatic carboxylic acids is 1. The predicted octanol–water partition coefficient (Wildman–Crippen LogP) is 2.80. The van der Waals surface area contributed by atoms with Crippen molar-refractivity contribution in [3.8, 4) is 5.75 Å². The average molecular weight is 258 g/mol. The van der Waals surface area contributed by atoms with Gasteiger partial charge in [0.25, 0.3) is 0 Å². The van der Waals surface area contributed by atoms with Gasteiger partial charge in [-0.25, -0.2) is 4.39 Å². The molecule has 0 heterocycles. The van der Waals surface area contributed by atoms with Gasteiger partial charge in [0.05, 0.1) is 13.0 Å². The van der Waals surface area contributed by atoms with Crippen LogP contribution in [0.25, 0.3) is 0 Å². The van der Waals surface area contributed by atoms with Crippen LogP contribution in [0.15, 0.2) is 24.3 Å². The molecule has 1 aromatic rings. The zero-order chi connectivity index (χ0) is 12.7. The minimum atomic E-state index is -0.806. The number of para-hydroxylation sites is 1. The number of thioether (sulfide) groups is 1. The van der Waals surface area contributed by atoms with Crippen LogP contribution in [0.4, 0.5) is 4.39 Å². The fourth-order valence-corrected chi connectivity index (χ4v) is 2.11. The second kappa shape index (κ2) is 7.17. The number of halogens is 1. The van der Waals surface area contributed by atoms with Crippen LogP contribution >= 0.6 is 11.8 Å². The Hall–Kier alpha value is -1.23. The van der Waals surface area contributed by atoms with Crippen molar-refractivity contribution in [2.24, 2.45) is 0 Å². The highest BCUT2D eigenvalue weighted by Crippen LogP contribution is 2.17. The first kappa shape index (κ1) is 13.8. The monoisotopic (exact) mass is 258 g/mol. The number of hydrogen-bond donors (Lipinski definition) is 1. The van der Waals surface area contributed by atoms with Gasteiger partial charge in [0.15, 0.2) is 11.6 Å². The molecule has 0 radical (unpaired) electrons. The van der Waals surface area contributed by atoms with E-state index in [0.717, 1.165) is 0 Å². The largest absolute Gasteiger partial charge is 0.490 e. The van der Waals surface area contributed by atoms with E-state index in [-0.39, 0.29) is 23.2 Å². The van der Waals surface area contributed by atoms with E-state index in [9.17, 15) is 9.18 Å². The van der Waals surface area contributed by atoms with Crippen molar-refractivity contribution in [3.05, 3.63) is 30.1 Å². The maximum Gasteiger partial charge on any atom is 0.304 e. The summed E-state index contributed by atoms with van der Waals surface area (Å²) in [7, 11) is 0. The second-order valence-corrected chi connectivity index (χ2v) is 5.10. The van der Waals surface area contributed by atoms with E-state index in [0.29, 0.717) is 12.4 Å². The van der Waals surface area contributed by atoms with Crippen LogP contribution < -0.4 is 4.74 Å². The Morgan fingerprint density at radius 3 is 2.88 bits per heavy atom. The molecule has 5 heteroatoms. The lowest BCUT2D eigenvalue weighted by Crippen LogP contribution is -2.09. The maximum atomic E-state index is 13.1. The highest BCUT2D eigenvalue weighted by atomic mass is 32.2. The second-order valence-electron chi connectivity index (χ2n) is 3.56. The summed E-state index contributed by atoms with van der Waals surface area (Å²) in [6.07, 6.45) is 0.129. The van der Waals surface area contributed by atoms with Crippen molar-refractivity contribution in [2.45, 2.75) is 18.6 Å². The SMILES string of the molecule is CC(CC(=O)O)SCCOc1ccccc1F. The first-order valence-electron chi connectivity index (χ1n) is 5.30. The normalized spacial score (nSPS) is 12.1. The zero-order valence-electron chi connectivity index (χ0n) is 9.56. The van der Waals surface area contributed by atoms with Gasteiger partial charge in [-0.15, -0.1) is 0 Å². The smallest absolute Gasteiger partial charge is 0.304 e. The molecule has 1 N–H and O–H groups in total. The summed E-state index contributed by atoms with van der Waals surface area (Å²) in [5.41, 5.74) is 0. The number of benzene rings is 1. The van der Waals surface area contributed by atoms with E-state index in [4.69, 9.17) is 9.84 Å². The Balaban J connectivity index is 2.20. The number of carboxylic acids is 1. The standard InChI is InChI=1S/C12H15FO3S/c1-9(8-12(14)15)17-7-6-16-11-5-3-2-4-10(11)13/h2-5,9H,6-8H2,1H3,(H,14,15). The van der Waals surface area contributed by atoms with Gasteiger partial charge in [-0.1, -0.05) is 19.1 Å². The molecular weight excluding hydrogens is 243 g/mol. The van der Waals surface area contributed by atoms with Crippen LogP contribution in [0, 0.1) is 5.82 Å². The Morgan fingerprint density at radius 2 is 2.24 bits per heavy atom. The van der Waals surface area contributed by atoms with Crippen LogP contribution in [0.3, 0.4) is 0 Å². The number of rotatable bonds is 7. The van der Waals surface area contributed by atoms with Crippen molar-refractivity contribution in [1.29, 1.82) is 0 Å². The first-order valence-corrected chi connectivity index (χ1v) is 6.35. The summed E-state index contributed by atoms with van der Waals surface area (Å²) in [4.78, 5) is 10.4. The molecule has 0 amide bonds. The lowest BCUT2D eigenvalue weighted by molar-refractivity contribution is -0.136. The van der Waals surface area contributed by atoms with Crippen LogP contribution in [0.1, 0.15) is 13.3 Å². The lowest BCUT2D eigenvalue weighted by Gasteiger charge is -2.09. The summed E-state index contributed by atoms with van der Waals surface area (Å²) >= 11 is 1.50. The molecule has 0 bridgehead atoms. The van der Waals surface area contributed by atoms with E-state index < -0.39 is 5.97 Å². The molecule has 0 fully saturated rings. The Morgan fingerprint density at radius 1 is 1.53 bits per heavy atom. The van der Waals surface area contributed by atoms with Gasteiger partial charge < -0.3 is 9.84 Å². The van der Waals surface area contributed by atoms with Crippen molar-refractivity contribution in [2.75, 3.05) is 12.4 Å². The van der Waals surface area contributed by atoms with Crippen LogP contribution in [0.5, 0.6) is 5.75 Å². The molecule has 0 aliphatic rings. The summed E-state index contributed by atoms with van der Waals surface area (Å²) in [6, 6.07) is 6.22. The van der Waals surface area contributed by atoms with Crippen molar-refractivity contribution in [3.63, 3.8) is 0 Å². The van der Waals surface area contributed by atoms with Crippen LogP contribution in [0.2, 0.25) is 0 Å². The molecule has 0 saturated heterocycles. The molecule has 0 aromatic heterocycles. The highest BCUT2D eigenvalue weighted by molar-refractivity contribution is 7.99. The number of ether oxygens (including phenoxy) is 1. The van der Waals surface area contributed by atoms with Gasteiger partial charge in [-0.3, -0.25) is 4.79 Å². The Kier molecular flexibility index (Phi) is 5.83. The van der Waals surface area contributed by atoms with E-state index >= 15 is 0 Å². The predicted molar refractivity (Wildman–Crippen MR) is 66.1 cm³/mol. The van der Waals surface area contributed by atoms with Crippen molar-refractivity contribution < 1.29 is 19.0 Å². The van der Waals surface area contributed by atoms with Crippen LogP contribution in [-0.2, 0) is 4.79 Å². The minimum absolute atomic E-state index is 0.0386. The Bertz CT molecular complexity index is 371. The van der Waals surface area contributed by atoms with E-state index in [2.05, 4.69) is 0 Å². The fraction of sp³-hybridized carbons (Fsp3) is 0.417. The number of hydrogen-bond acceptors (Lipinski definition) is 3. The average Bonchev–Trinajstić information content (AvgIpc) is 2.25. The molecule has 1 atom stereocenters. The van der Waals surface area contributed by atoms with Gasteiger partial charge >= 0.3 is 5.97 Å². The summed E-state index contributed by atoms with van der Waals surface area (Å²) < 4.78 is 18.4. The molecule has 0 aliphatic heterocycles. The van der Waals surface area contributed by atoms with Gasteiger partial charge in [-0.05, 0) is 12.1 Å². The quantitative estimate of drug-likeness (QED) is 0.764. The maximum absolute atomic E-state index is 13.1. The van der Waals surface area contributed by atoms with E-state index in [1.54, 1.807) is 18.2 Å². The van der Waals surface area contributed by atoms with E-state index in [1.165, 1.54) is 17.8 Å². The van der Waals surface area contributed by atoms with E-state index in [1.807, 2.05) is 6.92 Å². The topological polar surface area (TPSA) is 46.5 Å². The van der Waals surface area contributed by atoms with Gasteiger partial charge in [0.1, 0.15) is 0 Å². The molecule has 1 unspecified atom stereocenters. The fourth-order valence-electron chi connectivity index (χ4n) is 1.27. The summed E-state index contributed by atoms with van der Waals surface area (Å²) in [5.74, 6) is -0.307. The third kappa shape index (κ3) is 5.58. The molecule has 0 spiro atoms. The van der Waals surface area contributed by atoms with Gasteiger partial charge in [-0.2, -0.15) is 11.8 Å². The Labute approximate surface area is 104 Å². The number of carboxylic acid groups (broad SMARTS) is 1. The minimum Gasteiger partial charge on any atom is -0.490 e. The molecular formula is C12H15FO3S. The molecule has 94 valence electrons. The molecule has 0 saturated carbocycles. The molecule has 1 rings (SSSR count). The van der Waals surface area contributed by atoms with Gasteiger partial charge in [0.2, 0.25) is 0 Å². The summed E-state index contributed by atoms with van der Waals surface area (Å²) in [6.45, 7) is 2.22.